The first-order valence-electron chi connectivity index (χ1n) is 9.70. The number of alkyl halides is 3. The van der Waals surface area contributed by atoms with Gasteiger partial charge in [0.05, 0.1) is 12.1 Å². The Morgan fingerprint density at radius 1 is 1.21 bits per heavy atom. The van der Waals surface area contributed by atoms with E-state index in [0.717, 1.165) is 32.0 Å². The minimum atomic E-state index is -4.33. The van der Waals surface area contributed by atoms with E-state index in [-0.39, 0.29) is 42.3 Å². The summed E-state index contributed by atoms with van der Waals surface area (Å²) in [4.78, 5) is 18.1. The number of aliphatic imine (C=N–C) groups is 1. The van der Waals surface area contributed by atoms with Crippen LogP contribution in [-0.4, -0.2) is 50.0 Å². The molecular formula is C20H30F3IN4O. The number of benzene rings is 1. The number of piperidine rings is 1. The molecule has 1 amide bonds. The first-order valence-corrected chi connectivity index (χ1v) is 9.70. The van der Waals surface area contributed by atoms with Crippen molar-refractivity contribution in [3.63, 3.8) is 0 Å². The summed E-state index contributed by atoms with van der Waals surface area (Å²) < 4.78 is 38.6. The van der Waals surface area contributed by atoms with Crippen LogP contribution in [0.3, 0.4) is 0 Å². The molecule has 5 nitrogen and oxygen atoms in total. The second kappa shape index (κ2) is 12.2. The number of rotatable bonds is 6. The maximum absolute atomic E-state index is 12.9. The van der Waals surface area contributed by atoms with Crippen LogP contribution in [0.2, 0.25) is 0 Å². The number of nitrogens with zero attached hydrogens (tertiary/aromatic N) is 2. The van der Waals surface area contributed by atoms with Crippen LogP contribution in [0.1, 0.15) is 49.7 Å². The molecule has 2 N–H and O–H groups in total. The molecule has 2 rings (SSSR count). The third kappa shape index (κ3) is 8.39. The molecule has 0 spiro atoms. The van der Waals surface area contributed by atoms with Crippen LogP contribution >= 0.6 is 24.0 Å². The van der Waals surface area contributed by atoms with Crippen LogP contribution in [0.4, 0.5) is 13.2 Å². The van der Waals surface area contributed by atoms with Gasteiger partial charge < -0.3 is 15.5 Å². The van der Waals surface area contributed by atoms with Crippen molar-refractivity contribution in [3.8, 4) is 0 Å². The molecule has 0 aliphatic carbocycles. The molecule has 1 aliphatic rings. The van der Waals surface area contributed by atoms with Crippen LogP contribution in [-0.2, 0) is 11.0 Å². The Labute approximate surface area is 187 Å². The van der Waals surface area contributed by atoms with E-state index in [0.29, 0.717) is 24.5 Å². The number of carbonyl (C=O) groups excluding carboxylic acids is 1. The van der Waals surface area contributed by atoms with E-state index in [4.69, 9.17) is 0 Å². The first kappa shape index (κ1) is 25.5. The largest absolute Gasteiger partial charge is 0.416 e. The fourth-order valence-electron chi connectivity index (χ4n) is 3.23. The maximum Gasteiger partial charge on any atom is 0.416 e. The van der Waals surface area contributed by atoms with Gasteiger partial charge in [0.1, 0.15) is 0 Å². The average molecular weight is 526 g/mol. The number of carbonyl (C=O) groups is 1. The molecule has 9 heteroatoms. The second-order valence-corrected chi connectivity index (χ2v) is 7.11. The predicted octanol–water partition coefficient (Wildman–Crippen LogP) is 3.99. The molecule has 164 valence electrons. The van der Waals surface area contributed by atoms with E-state index in [1.54, 1.807) is 13.1 Å². The Balaban J connectivity index is 0.00000420. The molecule has 1 atom stereocenters. The van der Waals surface area contributed by atoms with Gasteiger partial charge in [-0.3, -0.25) is 9.79 Å². The van der Waals surface area contributed by atoms with Crippen molar-refractivity contribution in [1.82, 2.24) is 15.5 Å². The summed E-state index contributed by atoms with van der Waals surface area (Å²) in [5, 5.41) is 6.13. The lowest BCUT2D eigenvalue weighted by molar-refractivity contribution is -0.137. The SMILES string of the molecule is CN=C(NCCC(C)c1cccc(C(F)(F)F)c1)NCC(=O)N1CCCCC1.I. The highest BCUT2D eigenvalue weighted by molar-refractivity contribution is 14.0. The molecule has 0 radical (unpaired) electrons. The fraction of sp³-hybridized carbons (Fsp3) is 0.600. The number of hydrogen-bond acceptors (Lipinski definition) is 2. The lowest BCUT2D eigenvalue weighted by atomic mass is 9.96. The Morgan fingerprint density at radius 2 is 1.90 bits per heavy atom. The van der Waals surface area contributed by atoms with E-state index in [1.807, 2.05) is 11.8 Å². The van der Waals surface area contributed by atoms with Crippen molar-refractivity contribution in [1.29, 1.82) is 0 Å². The number of hydrogen-bond donors (Lipinski definition) is 2. The Bertz CT molecular complexity index is 676. The van der Waals surface area contributed by atoms with E-state index in [9.17, 15) is 18.0 Å². The molecule has 0 aromatic heterocycles. The van der Waals surface area contributed by atoms with Gasteiger partial charge in [-0.15, -0.1) is 24.0 Å². The summed E-state index contributed by atoms with van der Waals surface area (Å²) in [6.45, 7) is 4.23. The lowest BCUT2D eigenvalue weighted by Crippen LogP contribution is -2.46. The first-order chi connectivity index (χ1) is 13.3. The monoisotopic (exact) mass is 526 g/mol. The summed E-state index contributed by atoms with van der Waals surface area (Å²) in [6.07, 6.45) is -0.425. The van der Waals surface area contributed by atoms with Crippen molar-refractivity contribution >= 4 is 35.8 Å². The highest BCUT2D eigenvalue weighted by atomic mass is 127. The highest BCUT2D eigenvalue weighted by Gasteiger charge is 2.30. The fourth-order valence-corrected chi connectivity index (χ4v) is 3.23. The van der Waals surface area contributed by atoms with E-state index >= 15 is 0 Å². The molecule has 0 saturated carbocycles. The zero-order chi connectivity index (χ0) is 20.6. The number of guanidine groups is 1. The van der Waals surface area contributed by atoms with Crippen molar-refractivity contribution in [2.45, 2.75) is 44.7 Å². The molecule has 1 aromatic carbocycles. The molecule has 1 heterocycles. The summed E-state index contributed by atoms with van der Waals surface area (Å²) in [6, 6.07) is 5.44. The minimum Gasteiger partial charge on any atom is -0.356 e. The molecule has 29 heavy (non-hydrogen) atoms. The standard InChI is InChI=1S/C20H29F3N4O.HI/c1-15(16-7-6-8-17(13-16)20(21,22)23)9-10-25-19(24-2)26-14-18(28)27-11-4-3-5-12-27;/h6-8,13,15H,3-5,9-12,14H2,1-2H3,(H2,24,25,26);1H. The maximum atomic E-state index is 12.9. The summed E-state index contributed by atoms with van der Waals surface area (Å²) in [7, 11) is 1.62. The van der Waals surface area contributed by atoms with Crippen molar-refractivity contribution in [2.24, 2.45) is 4.99 Å². The van der Waals surface area contributed by atoms with Gasteiger partial charge in [0.15, 0.2) is 5.96 Å². The molecule has 1 saturated heterocycles. The highest BCUT2D eigenvalue weighted by Crippen LogP contribution is 2.31. The molecule has 1 fully saturated rings. The van der Waals surface area contributed by atoms with E-state index < -0.39 is 11.7 Å². The van der Waals surface area contributed by atoms with Crippen LogP contribution in [0.5, 0.6) is 0 Å². The Kier molecular flexibility index (Phi) is 10.8. The smallest absolute Gasteiger partial charge is 0.356 e. The zero-order valence-corrected chi connectivity index (χ0v) is 19.2. The van der Waals surface area contributed by atoms with Crippen LogP contribution in [0.25, 0.3) is 0 Å². The molecule has 1 aromatic rings. The third-order valence-corrected chi connectivity index (χ3v) is 4.99. The lowest BCUT2D eigenvalue weighted by Gasteiger charge is -2.27. The topological polar surface area (TPSA) is 56.7 Å². The van der Waals surface area contributed by atoms with Gasteiger partial charge >= 0.3 is 6.18 Å². The minimum absolute atomic E-state index is 0. The van der Waals surface area contributed by atoms with Gasteiger partial charge in [0, 0.05) is 26.7 Å². The number of likely N-dealkylation sites (tertiary alicyclic amines) is 1. The van der Waals surface area contributed by atoms with Gasteiger partial charge in [-0.25, -0.2) is 0 Å². The van der Waals surface area contributed by atoms with Gasteiger partial charge in [0.25, 0.3) is 0 Å². The Hall–Kier alpha value is -1.52. The Morgan fingerprint density at radius 3 is 2.52 bits per heavy atom. The molecular weight excluding hydrogens is 496 g/mol. The van der Waals surface area contributed by atoms with Gasteiger partial charge in [-0.2, -0.15) is 13.2 Å². The second-order valence-electron chi connectivity index (χ2n) is 7.11. The average Bonchev–Trinajstić information content (AvgIpc) is 2.70. The summed E-state index contributed by atoms with van der Waals surface area (Å²) in [5.74, 6) is 0.532. The molecule has 0 bridgehead atoms. The predicted molar refractivity (Wildman–Crippen MR) is 120 cm³/mol. The third-order valence-electron chi connectivity index (χ3n) is 4.99. The van der Waals surface area contributed by atoms with Gasteiger partial charge in [-0.1, -0.05) is 25.1 Å². The van der Waals surface area contributed by atoms with Crippen LogP contribution in [0, 0.1) is 0 Å². The molecule has 1 aliphatic heterocycles. The zero-order valence-electron chi connectivity index (χ0n) is 16.9. The van der Waals surface area contributed by atoms with Crippen molar-refractivity contribution in [2.75, 3.05) is 33.2 Å². The normalized spacial score (nSPS) is 16.0. The van der Waals surface area contributed by atoms with Crippen LogP contribution < -0.4 is 10.6 Å². The summed E-state index contributed by atoms with van der Waals surface area (Å²) >= 11 is 0. The summed E-state index contributed by atoms with van der Waals surface area (Å²) in [5.41, 5.74) is 0.0263. The van der Waals surface area contributed by atoms with E-state index in [2.05, 4.69) is 15.6 Å². The number of halogens is 4. The quantitative estimate of drug-likeness (QED) is 0.335. The molecule has 1 unspecified atom stereocenters. The van der Waals surface area contributed by atoms with Crippen molar-refractivity contribution in [3.05, 3.63) is 35.4 Å². The van der Waals surface area contributed by atoms with E-state index in [1.165, 1.54) is 18.6 Å². The van der Waals surface area contributed by atoms with Gasteiger partial charge in [-0.05, 0) is 43.2 Å². The number of nitrogens with one attached hydrogen (secondary N) is 2. The number of amides is 1. The van der Waals surface area contributed by atoms with Gasteiger partial charge in [0.2, 0.25) is 5.91 Å². The van der Waals surface area contributed by atoms with Crippen LogP contribution in [0.15, 0.2) is 29.3 Å². The van der Waals surface area contributed by atoms with Crippen molar-refractivity contribution < 1.29 is 18.0 Å².